The number of benzene rings is 1. The standard InChI is InChI=1S/C13H16N2O4S/c16-13(17)12-5-6-14(9-12)20(18,19)15-7-10-3-1-2-4-11(10)8-15/h1-4,12H,5-9H2,(H,16,17)/t12-/m0/s1. The van der Waals surface area contributed by atoms with Crippen molar-refractivity contribution in [3.05, 3.63) is 35.4 Å². The number of hydrogen-bond acceptors (Lipinski definition) is 3. The summed E-state index contributed by atoms with van der Waals surface area (Å²) in [5.74, 6) is -1.51. The first-order chi connectivity index (χ1) is 9.48. The van der Waals surface area contributed by atoms with Crippen LogP contribution in [0.1, 0.15) is 17.5 Å². The van der Waals surface area contributed by atoms with Crippen LogP contribution in [0.4, 0.5) is 0 Å². The molecule has 1 N–H and O–H groups in total. The van der Waals surface area contributed by atoms with Crippen molar-refractivity contribution in [3.63, 3.8) is 0 Å². The third kappa shape index (κ3) is 2.21. The van der Waals surface area contributed by atoms with E-state index in [0.29, 0.717) is 19.5 Å². The molecule has 0 unspecified atom stereocenters. The van der Waals surface area contributed by atoms with E-state index in [-0.39, 0.29) is 13.1 Å². The first-order valence-electron chi connectivity index (χ1n) is 6.53. The fraction of sp³-hybridized carbons (Fsp3) is 0.462. The largest absolute Gasteiger partial charge is 0.481 e. The molecule has 0 radical (unpaired) electrons. The molecule has 1 fully saturated rings. The summed E-state index contributed by atoms with van der Waals surface area (Å²) < 4.78 is 27.8. The highest BCUT2D eigenvalue weighted by molar-refractivity contribution is 7.86. The van der Waals surface area contributed by atoms with Crippen LogP contribution < -0.4 is 0 Å². The minimum absolute atomic E-state index is 0.0739. The molecule has 2 aliphatic rings. The van der Waals surface area contributed by atoms with Crippen molar-refractivity contribution in [2.75, 3.05) is 13.1 Å². The zero-order valence-corrected chi connectivity index (χ0v) is 11.7. The molecule has 20 heavy (non-hydrogen) atoms. The van der Waals surface area contributed by atoms with Gasteiger partial charge >= 0.3 is 5.97 Å². The molecule has 2 heterocycles. The maximum absolute atomic E-state index is 12.5. The minimum atomic E-state index is -3.57. The van der Waals surface area contributed by atoms with Gasteiger partial charge in [-0.05, 0) is 17.5 Å². The van der Waals surface area contributed by atoms with Crippen LogP contribution in [-0.4, -0.2) is 41.2 Å². The van der Waals surface area contributed by atoms with Crippen LogP contribution >= 0.6 is 0 Å². The Hall–Kier alpha value is -1.44. The number of fused-ring (bicyclic) bond motifs is 1. The number of aliphatic carboxylic acids is 1. The summed E-state index contributed by atoms with van der Waals surface area (Å²) in [5, 5.41) is 8.97. The predicted octanol–water partition coefficient (Wildman–Crippen LogP) is 0.653. The highest BCUT2D eigenvalue weighted by Gasteiger charge is 2.39. The molecule has 108 valence electrons. The van der Waals surface area contributed by atoms with E-state index < -0.39 is 22.1 Å². The third-order valence-corrected chi connectivity index (χ3v) is 5.86. The molecule has 2 aliphatic heterocycles. The second-order valence-electron chi connectivity index (χ2n) is 5.23. The van der Waals surface area contributed by atoms with E-state index in [1.165, 1.54) is 8.61 Å². The number of hydrogen-bond donors (Lipinski definition) is 1. The lowest BCUT2D eigenvalue weighted by Crippen LogP contribution is -2.40. The average molecular weight is 296 g/mol. The first-order valence-corrected chi connectivity index (χ1v) is 7.93. The Morgan fingerprint density at radius 1 is 1.15 bits per heavy atom. The molecule has 0 saturated carbocycles. The lowest BCUT2D eigenvalue weighted by molar-refractivity contribution is -0.141. The maximum Gasteiger partial charge on any atom is 0.307 e. The highest BCUT2D eigenvalue weighted by atomic mass is 32.2. The van der Waals surface area contributed by atoms with E-state index in [2.05, 4.69) is 0 Å². The molecule has 7 heteroatoms. The Balaban J connectivity index is 1.77. The van der Waals surface area contributed by atoms with E-state index >= 15 is 0 Å². The van der Waals surface area contributed by atoms with E-state index in [0.717, 1.165) is 11.1 Å². The first kappa shape index (κ1) is 13.5. The van der Waals surface area contributed by atoms with Crippen LogP contribution in [-0.2, 0) is 28.1 Å². The van der Waals surface area contributed by atoms with Gasteiger partial charge < -0.3 is 5.11 Å². The molecule has 0 aromatic heterocycles. The van der Waals surface area contributed by atoms with Crippen LogP contribution in [0.15, 0.2) is 24.3 Å². The fourth-order valence-corrected chi connectivity index (χ4v) is 4.40. The summed E-state index contributed by atoms with van der Waals surface area (Å²) in [7, 11) is -3.57. The zero-order valence-electron chi connectivity index (χ0n) is 10.9. The van der Waals surface area contributed by atoms with Crippen LogP contribution in [0, 0.1) is 5.92 Å². The van der Waals surface area contributed by atoms with Crippen molar-refractivity contribution in [3.8, 4) is 0 Å². The molecular formula is C13H16N2O4S. The molecule has 3 rings (SSSR count). The van der Waals surface area contributed by atoms with E-state index in [4.69, 9.17) is 5.11 Å². The van der Waals surface area contributed by atoms with Crippen LogP contribution in [0.25, 0.3) is 0 Å². The number of carboxylic acid groups (broad SMARTS) is 1. The second kappa shape index (κ2) is 4.83. The van der Waals surface area contributed by atoms with Gasteiger partial charge in [-0.15, -0.1) is 0 Å². The summed E-state index contributed by atoms with van der Waals surface area (Å²) in [6.45, 7) is 1.09. The lowest BCUT2D eigenvalue weighted by atomic mass is 10.1. The van der Waals surface area contributed by atoms with Gasteiger partial charge in [0.1, 0.15) is 0 Å². The van der Waals surface area contributed by atoms with Gasteiger partial charge in [0.05, 0.1) is 5.92 Å². The summed E-state index contributed by atoms with van der Waals surface area (Å²) in [6.07, 6.45) is 0.384. The van der Waals surface area contributed by atoms with Crippen LogP contribution in [0.3, 0.4) is 0 Å². The molecule has 6 nitrogen and oxygen atoms in total. The highest BCUT2D eigenvalue weighted by Crippen LogP contribution is 2.29. The molecule has 1 atom stereocenters. The van der Waals surface area contributed by atoms with Crippen molar-refractivity contribution in [1.82, 2.24) is 8.61 Å². The van der Waals surface area contributed by atoms with Crippen LogP contribution in [0.5, 0.6) is 0 Å². The molecule has 1 saturated heterocycles. The smallest absolute Gasteiger partial charge is 0.307 e. The maximum atomic E-state index is 12.5. The minimum Gasteiger partial charge on any atom is -0.481 e. The average Bonchev–Trinajstić information content (AvgIpc) is 3.06. The molecule has 1 aromatic carbocycles. The van der Waals surface area contributed by atoms with Crippen molar-refractivity contribution < 1.29 is 18.3 Å². The Bertz CT molecular complexity index is 619. The van der Waals surface area contributed by atoms with Crippen molar-refractivity contribution in [2.45, 2.75) is 19.5 Å². The fourth-order valence-electron chi connectivity index (χ4n) is 2.77. The number of carbonyl (C=O) groups is 1. The topological polar surface area (TPSA) is 77.9 Å². The summed E-state index contributed by atoms with van der Waals surface area (Å²) >= 11 is 0. The van der Waals surface area contributed by atoms with Crippen molar-refractivity contribution in [2.24, 2.45) is 5.92 Å². The molecule has 0 spiro atoms. The number of nitrogens with zero attached hydrogens (tertiary/aromatic N) is 2. The SMILES string of the molecule is O=C(O)[C@H]1CCN(S(=O)(=O)N2Cc3ccccc3C2)C1. The quantitative estimate of drug-likeness (QED) is 0.888. The van der Waals surface area contributed by atoms with Crippen LogP contribution in [0.2, 0.25) is 0 Å². The third-order valence-electron chi connectivity index (χ3n) is 3.96. The summed E-state index contributed by atoms with van der Waals surface area (Å²) in [4.78, 5) is 10.9. The molecule has 0 amide bonds. The van der Waals surface area contributed by atoms with Gasteiger partial charge in [-0.3, -0.25) is 4.79 Å². The monoisotopic (exact) mass is 296 g/mol. The molecular weight excluding hydrogens is 280 g/mol. The summed E-state index contributed by atoms with van der Waals surface area (Å²) in [6, 6.07) is 7.64. The number of rotatable bonds is 3. The van der Waals surface area contributed by atoms with Crippen molar-refractivity contribution in [1.29, 1.82) is 0 Å². The van der Waals surface area contributed by atoms with Gasteiger partial charge in [0.2, 0.25) is 0 Å². The van der Waals surface area contributed by atoms with Gasteiger partial charge in [0.15, 0.2) is 0 Å². The zero-order chi connectivity index (χ0) is 14.3. The second-order valence-corrected chi connectivity index (χ2v) is 7.15. The van der Waals surface area contributed by atoms with Gasteiger partial charge in [-0.2, -0.15) is 17.0 Å². The van der Waals surface area contributed by atoms with E-state index in [9.17, 15) is 13.2 Å². The number of carboxylic acids is 1. The van der Waals surface area contributed by atoms with E-state index in [1.807, 2.05) is 24.3 Å². The van der Waals surface area contributed by atoms with Gasteiger partial charge in [-0.25, -0.2) is 0 Å². The Labute approximate surface area is 117 Å². The normalized spacial score (nSPS) is 23.9. The lowest BCUT2D eigenvalue weighted by Gasteiger charge is -2.23. The molecule has 1 aromatic rings. The van der Waals surface area contributed by atoms with Gasteiger partial charge in [0.25, 0.3) is 10.2 Å². The molecule has 0 aliphatic carbocycles. The summed E-state index contributed by atoms with van der Waals surface area (Å²) in [5.41, 5.74) is 2.04. The van der Waals surface area contributed by atoms with Gasteiger partial charge in [-0.1, -0.05) is 24.3 Å². The molecule has 0 bridgehead atoms. The van der Waals surface area contributed by atoms with E-state index in [1.54, 1.807) is 0 Å². The Morgan fingerprint density at radius 2 is 1.75 bits per heavy atom. The Kier molecular flexibility index (Phi) is 3.27. The Morgan fingerprint density at radius 3 is 2.25 bits per heavy atom. The van der Waals surface area contributed by atoms with Crippen molar-refractivity contribution >= 4 is 16.2 Å². The van der Waals surface area contributed by atoms with Gasteiger partial charge in [0, 0.05) is 26.2 Å². The predicted molar refractivity (Wildman–Crippen MR) is 71.9 cm³/mol.